The highest BCUT2D eigenvalue weighted by Crippen LogP contribution is 2.20. The summed E-state index contributed by atoms with van der Waals surface area (Å²) in [5.41, 5.74) is 1.03. The number of hydrogen-bond acceptors (Lipinski definition) is 3. The van der Waals surface area contributed by atoms with Crippen LogP contribution in [0.2, 0.25) is 15.3 Å². The molecule has 0 amide bonds. The van der Waals surface area contributed by atoms with Gasteiger partial charge in [0, 0.05) is 11.6 Å². The first-order valence-electron chi connectivity index (χ1n) is 4.81. The average Bonchev–Trinajstić information content (AvgIpc) is 2.30. The molecule has 1 N–H and O–H groups in total. The average molecular weight is 289 g/mol. The first-order chi connectivity index (χ1) is 8.15. The third-order valence-electron chi connectivity index (χ3n) is 2.06. The van der Waals surface area contributed by atoms with Crippen molar-refractivity contribution in [2.75, 3.05) is 5.32 Å². The normalized spacial score (nSPS) is 10.3. The van der Waals surface area contributed by atoms with Crippen molar-refractivity contribution >= 4 is 40.6 Å². The summed E-state index contributed by atoms with van der Waals surface area (Å²) in [6.07, 6.45) is 1.46. The SMILES string of the molecule is Clc1cccc(CNc2nc(Cl)ncc2Cl)c1. The van der Waals surface area contributed by atoms with E-state index in [2.05, 4.69) is 15.3 Å². The molecule has 0 saturated carbocycles. The van der Waals surface area contributed by atoms with E-state index in [0.717, 1.165) is 5.56 Å². The first-order valence-corrected chi connectivity index (χ1v) is 5.95. The van der Waals surface area contributed by atoms with Gasteiger partial charge in [-0.3, -0.25) is 0 Å². The largest absolute Gasteiger partial charge is 0.365 e. The van der Waals surface area contributed by atoms with Gasteiger partial charge in [0.2, 0.25) is 5.28 Å². The van der Waals surface area contributed by atoms with Crippen LogP contribution in [0, 0.1) is 0 Å². The van der Waals surface area contributed by atoms with E-state index in [0.29, 0.717) is 22.4 Å². The molecule has 88 valence electrons. The van der Waals surface area contributed by atoms with Crippen LogP contribution in [0.3, 0.4) is 0 Å². The van der Waals surface area contributed by atoms with Crippen molar-refractivity contribution in [1.29, 1.82) is 0 Å². The van der Waals surface area contributed by atoms with Crippen molar-refractivity contribution in [1.82, 2.24) is 9.97 Å². The Labute approximate surface area is 114 Å². The van der Waals surface area contributed by atoms with Crippen molar-refractivity contribution < 1.29 is 0 Å². The summed E-state index contributed by atoms with van der Waals surface area (Å²) >= 11 is 17.5. The van der Waals surface area contributed by atoms with Gasteiger partial charge in [0.15, 0.2) is 0 Å². The summed E-state index contributed by atoms with van der Waals surface area (Å²) in [7, 11) is 0. The monoisotopic (exact) mass is 287 g/mol. The third-order valence-corrected chi connectivity index (χ3v) is 2.76. The lowest BCUT2D eigenvalue weighted by molar-refractivity contribution is 1.08. The molecule has 2 aromatic rings. The Balaban J connectivity index is 2.09. The molecule has 0 aliphatic carbocycles. The van der Waals surface area contributed by atoms with Crippen LogP contribution in [0.25, 0.3) is 0 Å². The highest BCUT2D eigenvalue weighted by Gasteiger charge is 2.03. The van der Waals surface area contributed by atoms with Gasteiger partial charge in [-0.1, -0.05) is 35.3 Å². The number of aromatic nitrogens is 2. The fraction of sp³-hybridized carbons (Fsp3) is 0.0909. The van der Waals surface area contributed by atoms with Gasteiger partial charge in [-0.05, 0) is 29.3 Å². The third kappa shape index (κ3) is 3.46. The van der Waals surface area contributed by atoms with Crippen LogP contribution >= 0.6 is 34.8 Å². The van der Waals surface area contributed by atoms with E-state index in [1.165, 1.54) is 6.20 Å². The Hall–Kier alpha value is -1.03. The lowest BCUT2D eigenvalue weighted by atomic mass is 10.2. The lowest BCUT2D eigenvalue weighted by Gasteiger charge is -2.07. The maximum absolute atomic E-state index is 5.92. The molecule has 3 nitrogen and oxygen atoms in total. The molecule has 1 heterocycles. The van der Waals surface area contributed by atoms with Crippen LogP contribution in [-0.2, 0) is 6.54 Å². The number of nitrogens with one attached hydrogen (secondary N) is 1. The number of hydrogen-bond donors (Lipinski definition) is 1. The van der Waals surface area contributed by atoms with E-state index < -0.39 is 0 Å². The van der Waals surface area contributed by atoms with Gasteiger partial charge in [0.1, 0.15) is 10.8 Å². The minimum atomic E-state index is 0.156. The molecule has 1 aromatic heterocycles. The second kappa shape index (κ2) is 5.54. The highest BCUT2D eigenvalue weighted by atomic mass is 35.5. The molecule has 0 atom stereocenters. The van der Waals surface area contributed by atoms with Gasteiger partial charge in [-0.2, -0.15) is 4.98 Å². The summed E-state index contributed by atoms with van der Waals surface area (Å²) in [6.45, 7) is 0.563. The Morgan fingerprint density at radius 1 is 1.18 bits per heavy atom. The summed E-state index contributed by atoms with van der Waals surface area (Å²) in [5, 5.41) is 4.34. The minimum absolute atomic E-state index is 0.156. The van der Waals surface area contributed by atoms with E-state index >= 15 is 0 Å². The molecular formula is C11H8Cl3N3. The molecule has 0 radical (unpaired) electrons. The van der Waals surface area contributed by atoms with Gasteiger partial charge >= 0.3 is 0 Å². The molecule has 17 heavy (non-hydrogen) atoms. The van der Waals surface area contributed by atoms with Gasteiger partial charge in [0.25, 0.3) is 0 Å². The van der Waals surface area contributed by atoms with Crippen LogP contribution in [0.5, 0.6) is 0 Å². The second-order valence-corrected chi connectivity index (χ2v) is 4.50. The number of halogens is 3. The van der Waals surface area contributed by atoms with E-state index in [1.54, 1.807) is 0 Å². The Kier molecular flexibility index (Phi) is 4.05. The van der Waals surface area contributed by atoms with E-state index in [4.69, 9.17) is 34.8 Å². The van der Waals surface area contributed by atoms with Gasteiger partial charge in [-0.15, -0.1) is 0 Å². The predicted molar refractivity (Wildman–Crippen MR) is 70.8 cm³/mol. The highest BCUT2D eigenvalue weighted by molar-refractivity contribution is 6.33. The van der Waals surface area contributed by atoms with Crippen molar-refractivity contribution in [2.24, 2.45) is 0 Å². The van der Waals surface area contributed by atoms with Crippen LogP contribution in [-0.4, -0.2) is 9.97 Å². The molecule has 0 fully saturated rings. The van der Waals surface area contributed by atoms with Crippen molar-refractivity contribution in [3.05, 3.63) is 51.4 Å². The number of benzene rings is 1. The molecular weight excluding hydrogens is 281 g/mol. The quantitative estimate of drug-likeness (QED) is 0.866. The lowest BCUT2D eigenvalue weighted by Crippen LogP contribution is -2.02. The molecule has 0 spiro atoms. The standard InChI is InChI=1S/C11H8Cl3N3/c12-8-3-1-2-7(4-8)5-15-10-9(13)6-16-11(14)17-10/h1-4,6H,5H2,(H,15,16,17). The zero-order valence-electron chi connectivity index (χ0n) is 8.62. The van der Waals surface area contributed by atoms with Crippen LogP contribution < -0.4 is 5.32 Å². The van der Waals surface area contributed by atoms with Gasteiger partial charge in [-0.25, -0.2) is 4.98 Å². The van der Waals surface area contributed by atoms with E-state index in [9.17, 15) is 0 Å². The maximum atomic E-state index is 5.92. The van der Waals surface area contributed by atoms with Crippen LogP contribution in [0.1, 0.15) is 5.56 Å². The van der Waals surface area contributed by atoms with E-state index in [1.807, 2.05) is 24.3 Å². The minimum Gasteiger partial charge on any atom is -0.365 e. The van der Waals surface area contributed by atoms with Crippen LogP contribution in [0.15, 0.2) is 30.5 Å². The summed E-state index contributed by atoms with van der Waals surface area (Å²) < 4.78 is 0. The van der Waals surface area contributed by atoms with E-state index in [-0.39, 0.29) is 5.28 Å². The number of nitrogens with zero attached hydrogens (tertiary/aromatic N) is 2. The maximum Gasteiger partial charge on any atom is 0.224 e. The Morgan fingerprint density at radius 3 is 2.76 bits per heavy atom. The van der Waals surface area contributed by atoms with Crippen molar-refractivity contribution in [3.63, 3.8) is 0 Å². The fourth-order valence-electron chi connectivity index (χ4n) is 1.30. The fourth-order valence-corrected chi connectivity index (χ4v) is 1.81. The molecule has 0 bridgehead atoms. The van der Waals surface area contributed by atoms with Gasteiger partial charge < -0.3 is 5.32 Å². The Bertz CT molecular complexity index is 531. The van der Waals surface area contributed by atoms with Crippen molar-refractivity contribution in [3.8, 4) is 0 Å². The topological polar surface area (TPSA) is 37.8 Å². The zero-order chi connectivity index (χ0) is 12.3. The summed E-state index contributed by atoms with van der Waals surface area (Å²) in [6, 6.07) is 7.52. The summed E-state index contributed by atoms with van der Waals surface area (Å²) in [5.74, 6) is 0.506. The molecule has 0 aliphatic rings. The smallest absolute Gasteiger partial charge is 0.224 e. The van der Waals surface area contributed by atoms with Crippen LogP contribution in [0.4, 0.5) is 5.82 Å². The Morgan fingerprint density at radius 2 is 2.00 bits per heavy atom. The summed E-state index contributed by atoms with van der Waals surface area (Å²) in [4.78, 5) is 7.76. The number of anilines is 1. The molecule has 6 heteroatoms. The van der Waals surface area contributed by atoms with Crippen molar-refractivity contribution in [2.45, 2.75) is 6.54 Å². The molecule has 2 rings (SSSR count). The molecule has 0 unspecified atom stereocenters. The molecule has 0 saturated heterocycles. The zero-order valence-corrected chi connectivity index (χ0v) is 10.9. The molecule has 1 aromatic carbocycles. The van der Waals surface area contributed by atoms with Gasteiger partial charge in [0.05, 0.1) is 6.20 Å². The predicted octanol–water partition coefficient (Wildman–Crippen LogP) is 4.05. The second-order valence-electron chi connectivity index (χ2n) is 3.32. The number of rotatable bonds is 3. The molecule has 0 aliphatic heterocycles. The first kappa shape index (κ1) is 12.4.